The summed E-state index contributed by atoms with van der Waals surface area (Å²) in [4.78, 5) is 11.7. The van der Waals surface area contributed by atoms with Crippen molar-refractivity contribution in [1.82, 2.24) is 0 Å². The van der Waals surface area contributed by atoms with Crippen molar-refractivity contribution in [2.45, 2.75) is 20.0 Å². The predicted octanol–water partition coefficient (Wildman–Crippen LogP) is 3.76. The normalized spacial score (nSPS) is 13.0. The number of hydrogen-bond acceptors (Lipinski definition) is 5. The van der Waals surface area contributed by atoms with Gasteiger partial charge < -0.3 is 18.7 Å². The first-order valence-corrected chi connectivity index (χ1v) is 7.11. The largest absolute Gasteiger partial charge is 0.467 e. The van der Waals surface area contributed by atoms with Gasteiger partial charge in [0.15, 0.2) is 6.10 Å². The van der Waals surface area contributed by atoms with Gasteiger partial charge in [0.1, 0.15) is 22.7 Å². The lowest BCUT2D eigenvalue weighted by Crippen LogP contribution is -2.14. The van der Waals surface area contributed by atoms with E-state index in [1.54, 1.807) is 19.9 Å². The van der Waals surface area contributed by atoms with E-state index >= 15 is 0 Å². The third-order valence-corrected chi connectivity index (χ3v) is 4.17. The molecule has 0 aliphatic carbocycles. The van der Waals surface area contributed by atoms with Crippen LogP contribution < -0.4 is 0 Å². The zero-order chi connectivity index (χ0) is 15.3. The highest BCUT2D eigenvalue weighted by atomic mass is 79.9. The van der Waals surface area contributed by atoms with Crippen LogP contribution >= 0.6 is 15.9 Å². The van der Waals surface area contributed by atoms with E-state index < -0.39 is 12.1 Å². The molecule has 5 nitrogen and oxygen atoms in total. The maximum absolute atomic E-state index is 11.7. The fourth-order valence-corrected chi connectivity index (χ4v) is 3.09. The van der Waals surface area contributed by atoms with Crippen molar-refractivity contribution in [2.75, 3.05) is 7.11 Å². The van der Waals surface area contributed by atoms with Crippen LogP contribution in [0, 0.1) is 13.8 Å². The average molecular weight is 353 g/mol. The number of fused-ring (bicyclic) bond motifs is 2. The van der Waals surface area contributed by atoms with Crippen LogP contribution in [-0.2, 0) is 9.53 Å². The molecular formula is C15H13BrO5. The molecule has 1 unspecified atom stereocenters. The van der Waals surface area contributed by atoms with Gasteiger partial charge in [-0.15, -0.1) is 0 Å². The minimum absolute atomic E-state index is 0.361. The molecule has 0 aliphatic rings. The number of carbonyl (C=O) groups excluding carboxylic acids is 1. The highest BCUT2D eigenvalue weighted by molar-refractivity contribution is 9.10. The Kier molecular flexibility index (Phi) is 3.30. The van der Waals surface area contributed by atoms with Crippen LogP contribution in [0.4, 0.5) is 0 Å². The Morgan fingerprint density at radius 2 is 1.76 bits per heavy atom. The summed E-state index contributed by atoms with van der Waals surface area (Å²) in [6.07, 6.45) is -1.43. The van der Waals surface area contributed by atoms with Gasteiger partial charge in [-0.05, 0) is 41.9 Å². The molecule has 0 bridgehead atoms. The fraction of sp³-hybridized carbons (Fsp3) is 0.267. The topological polar surface area (TPSA) is 72.8 Å². The number of benzene rings is 1. The maximum atomic E-state index is 11.7. The maximum Gasteiger partial charge on any atom is 0.339 e. The number of aliphatic hydroxyl groups excluding tert-OH is 1. The molecule has 21 heavy (non-hydrogen) atoms. The van der Waals surface area contributed by atoms with Gasteiger partial charge in [-0.1, -0.05) is 0 Å². The average Bonchev–Trinajstić information content (AvgIpc) is 3.01. The Bertz CT molecular complexity index is 800. The molecule has 0 aliphatic heterocycles. The summed E-state index contributed by atoms with van der Waals surface area (Å²) in [7, 11) is 1.23. The number of aryl methyl sites for hydroxylation is 2. The van der Waals surface area contributed by atoms with Crippen molar-refractivity contribution in [3.8, 4) is 0 Å². The number of carbonyl (C=O) groups is 1. The second kappa shape index (κ2) is 4.89. The molecule has 0 saturated heterocycles. The Balaban J connectivity index is 2.47. The van der Waals surface area contributed by atoms with Crippen molar-refractivity contribution in [3.63, 3.8) is 0 Å². The lowest BCUT2D eigenvalue weighted by atomic mass is 10.0. The molecule has 0 fully saturated rings. The Morgan fingerprint density at radius 1 is 1.19 bits per heavy atom. The second-order valence-electron chi connectivity index (χ2n) is 4.85. The van der Waals surface area contributed by atoms with E-state index in [1.807, 2.05) is 6.07 Å². The van der Waals surface area contributed by atoms with E-state index in [0.29, 0.717) is 33.6 Å². The quantitative estimate of drug-likeness (QED) is 0.710. The number of rotatable bonds is 2. The third-order valence-electron chi connectivity index (χ3n) is 3.38. The molecule has 0 spiro atoms. The predicted molar refractivity (Wildman–Crippen MR) is 80.1 cm³/mol. The van der Waals surface area contributed by atoms with Crippen LogP contribution in [0.5, 0.6) is 0 Å². The van der Waals surface area contributed by atoms with Crippen LogP contribution in [0.3, 0.4) is 0 Å². The standard InChI is InChI=1S/C15H13BrO5/c1-6-4-8-10(12(17)15(18)19-3)13-9(5-7(2)20-13)11(16)14(8)21-6/h4-5,12,17H,1-3H3. The highest BCUT2D eigenvalue weighted by Crippen LogP contribution is 2.42. The fourth-order valence-electron chi connectivity index (χ4n) is 2.50. The summed E-state index contributed by atoms with van der Waals surface area (Å²) >= 11 is 3.49. The molecule has 110 valence electrons. The molecule has 3 aromatic rings. The summed E-state index contributed by atoms with van der Waals surface area (Å²) in [5.41, 5.74) is 1.38. The van der Waals surface area contributed by atoms with Gasteiger partial charge in [0.05, 0.1) is 11.6 Å². The van der Waals surface area contributed by atoms with Crippen LogP contribution in [0.15, 0.2) is 25.4 Å². The van der Waals surface area contributed by atoms with Gasteiger partial charge in [-0.2, -0.15) is 0 Å². The molecule has 0 radical (unpaired) electrons. The van der Waals surface area contributed by atoms with E-state index in [-0.39, 0.29) is 0 Å². The third kappa shape index (κ3) is 2.06. The molecule has 0 amide bonds. The van der Waals surface area contributed by atoms with E-state index in [2.05, 4.69) is 20.7 Å². The zero-order valence-electron chi connectivity index (χ0n) is 11.7. The molecule has 1 atom stereocenters. The van der Waals surface area contributed by atoms with Crippen LogP contribution in [0.2, 0.25) is 0 Å². The molecule has 6 heteroatoms. The van der Waals surface area contributed by atoms with E-state index in [9.17, 15) is 9.90 Å². The molecule has 2 aromatic heterocycles. The molecule has 1 N–H and O–H groups in total. The minimum Gasteiger partial charge on any atom is -0.467 e. The van der Waals surface area contributed by atoms with Gasteiger partial charge in [0.25, 0.3) is 0 Å². The van der Waals surface area contributed by atoms with E-state index in [1.165, 1.54) is 7.11 Å². The minimum atomic E-state index is -1.43. The highest BCUT2D eigenvalue weighted by Gasteiger charge is 2.28. The van der Waals surface area contributed by atoms with Crippen molar-refractivity contribution >= 4 is 43.8 Å². The second-order valence-corrected chi connectivity index (χ2v) is 5.65. The van der Waals surface area contributed by atoms with Crippen molar-refractivity contribution in [1.29, 1.82) is 0 Å². The molecule has 1 aromatic carbocycles. The molecule has 2 heterocycles. The van der Waals surface area contributed by atoms with Crippen molar-refractivity contribution in [2.24, 2.45) is 0 Å². The van der Waals surface area contributed by atoms with Crippen molar-refractivity contribution in [3.05, 3.63) is 33.7 Å². The van der Waals surface area contributed by atoms with E-state index in [4.69, 9.17) is 8.83 Å². The molecule has 3 rings (SSSR count). The monoisotopic (exact) mass is 352 g/mol. The lowest BCUT2D eigenvalue weighted by molar-refractivity contribution is -0.150. The van der Waals surface area contributed by atoms with Gasteiger partial charge >= 0.3 is 5.97 Å². The summed E-state index contributed by atoms with van der Waals surface area (Å²) in [6, 6.07) is 3.59. The number of aliphatic hydroxyl groups is 1. The molecular weight excluding hydrogens is 340 g/mol. The number of hydrogen-bond donors (Lipinski definition) is 1. The van der Waals surface area contributed by atoms with Gasteiger partial charge in [0.2, 0.25) is 0 Å². The summed E-state index contributed by atoms with van der Waals surface area (Å²) in [5, 5.41) is 11.7. The van der Waals surface area contributed by atoms with Gasteiger partial charge in [-0.25, -0.2) is 4.79 Å². The first-order chi connectivity index (χ1) is 9.93. The smallest absolute Gasteiger partial charge is 0.339 e. The number of halogens is 1. The number of methoxy groups -OCH3 is 1. The van der Waals surface area contributed by atoms with Crippen LogP contribution in [-0.4, -0.2) is 18.2 Å². The summed E-state index contributed by atoms with van der Waals surface area (Å²) in [5.74, 6) is 0.606. The molecule has 0 saturated carbocycles. The van der Waals surface area contributed by atoms with Gasteiger partial charge in [0, 0.05) is 16.3 Å². The summed E-state index contributed by atoms with van der Waals surface area (Å²) < 4.78 is 16.7. The van der Waals surface area contributed by atoms with Crippen LogP contribution in [0.25, 0.3) is 21.9 Å². The number of furan rings is 2. The zero-order valence-corrected chi connectivity index (χ0v) is 13.3. The summed E-state index contributed by atoms with van der Waals surface area (Å²) in [6.45, 7) is 3.60. The first-order valence-electron chi connectivity index (χ1n) is 6.31. The Labute approximate surface area is 128 Å². The van der Waals surface area contributed by atoms with E-state index in [0.717, 1.165) is 9.86 Å². The van der Waals surface area contributed by atoms with Crippen molar-refractivity contribution < 1.29 is 23.5 Å². The number of ether oxygens (including phenoxy) is 1. The number of esters is 1. The lowest BCUT2D eigenvalue weighted by Gasteiger charge is -2.11. The van der Waals surface area contributed by atoms with Crippen LogP contribution in [0.1, 0.15) is 23.2 Å². The Morgan fingerprint density at radius 3 is 2.38 bits per heavy atom. The SMILES string of the molecule is COC(=O)C(O)c1c2cc(C)oc2c(Br)c2cc(C)oc12. The van der Waals surface area contributed by atoms with Gasteiger partial charge in [-0.3, -0.25) is 0 Å². The Hall–Kier alpha value is -1.79. The first kappa shape index (κ1) is 14.2.